The standard InChI is InChI=1S/C18H25NO/c1-19(13-14-7-8-14)18(20)17-11-9-16(10-12-17)15-5-3-2-4-6-15/h9-12,14-15H,2-8,13H2,1H3. The predicted molar refractivity (Wildman–Crippen MR) is 82.0 cm³/mol. The molecule has 0 heterocycles. The third kappa shape index (κ3) is 3.23. The molecule has 108 valence electrons. The first-order chi connectivity index (χ1) is 9.74. The van der Waals surface area contributed by atoms with Gasteiger partial charge >= 0.3 is 0 Å². The maximum Gasteiger partial charge on any atom is 0.253 e. The SMILES string of the molecule is CN(CC1CC1)C(=O)c1ccc(C2CCCCC2)cc1. The Labute approximate surface area is 122 Å². The fourth-order valence-corrected chi connectivity index (χ4v) is 3.32. The summed E-state index contributed by atoms with van der Waals surface area (Å²) in [6.45, 7) is 0.920. The van der Waals surface area contributed by atoms with Gasteiger partial charge in [0.25, 0.3) is 5.91 Å². The van der Waals surface area contributed by atoms with Crippen LogP contribution in [0, 0.1) is 5.92 Å². The third-order valence-electron chi connectivity index (χ3n) is 4.81. The highest BCUT2D eigenvalue weighted by Crippen LogP contribution is 2.33. The van der Waals surface area contributed by atoms with E-state index in [-0.39, 0.29) is 5.91 Å². The zero-order chi connectivity index (χ0) is 13.9. The van der Waals surface area contributed by atoms with Crippen LogP contribution in [0.1, 0.15) is 66.8 Å². The molecule has 1 aromatic rings. The van der Waals surface area contributed by atoms with Crippen LogP contribution in [0.3, 0.4) is 0 Å². The molecule has 2 heteroatoms. The molecular weight excluding hydrogens is 246 g/mol. The van der Waals surface area contributed by atoms with Crippen LogP contribution >= 0.6 is 0 Å². The molecule has 0 saturated heterocycles. The lowest BCUT2D eigenvalue weighted by Gasteiger charge is -2.22. The highest BCUT2D eigenvalue weighted by molar-refractivity contribution is 5.94. The van der Waals surface area contributed by atoms with Crippen LogP contribution in [0.4, 0.5) is 0 Å². The Bertz CT molecular complexity index is 455. The van der Waals surface area contributed by atoms with Crippen molar-refractivity contribution in [3.8, 4) is 0 Å². The van der Waals surface area contributed by atoms with E-state index in [1.807, 2.05) is 24.1 Å². The van der Waals surface area contributed by atoms with E-state index in [0.717, 1.165) is 23.9 Å². The quantitative estimate of drug-likeness (QED) is 0.803. The molecule has 0 atom stereocenters. The summed E-state index contributed by atoms with van der Waals surface area (Å²) in [6.07, 6.45) is 9.31. The van der Waals surface area contributed by atoms with Gasteiger partial charge in [0.1, 0.15) is 0 Å². The second-order valence-electron chi connectivity index (χ2n) is 6.59. The average Bonchev–Trinajstić information content (AvgIpc) is 3.31. The van der Waals surface area contributed by atoms with Crippen LogP contribution < -0.4 is 0 Å². The Morgan fingerprint density at radius 2 is 1.70 bits per heavy atom. The summed E-state index contributed by atoms with van der Waals surface area (Å²) in [4.78, 5) is 14.2. The second-order valence-corrected chi connectivity index (χ2v) is 6.59. The highest BCUT2D eigenvalue weighted by atomic mass is 16.2. The van der Waals surface area contributed by atoms with Gasteiger partial charge in [0, 0.05) is 19.2 Å². The van der Waals surface area contributed by atoms with Crippen LogP contribution in [0.5, 0.6) is 0 Å². The number of benzene rings is 1. The summed E-state index contributed by atoms with van der Waals surface area (Å²) in [5.41, 5.74) is 2.26. The lowest BCUT2D eigenvalue weighted by atomic mass is 9.84. The van der Waals surface area contributed by atoms with Crippen LogP contribution in [-0.4, -0.2) is 24.4 Å². The molecule has 1 aromatic carbocycles. The highest BCUT2D eigenvalue weighted by Gasteiger charge is 2.25. The van der Waals surface area contributed by atoms with E-state index in [9.17, 15) is 4.79 Å². The monoisotopic (exact) mass is 271 g/mol. The van der Waals surface area contributed by atoms with Crippen molar-refractivity contribution in [2.24, 2.45) is 5.92 Å². The van der Waals surface area contributed by atoms with E-state index in [0.29, 0.717) is 0 Å². The average molecular weight is 271 g/mol. The molecule has 0 N–H and O–H groups in total. The minimum Gasteiger partial charge on any atom is -0.341 e. The molecule has 0 spiro atoms. The van der Waals surface area contributed by atoms with Gasteiger partial charge in [0.2, 0.25) is 0 Å². The number of hydrogen-bond acceptors (Lipinski definition) is 1. The molecule has 0 radical (unpaired) electrons. The van der Waals surface area contributed by atoms with Crippen molar-refractivity contribution in [1.82, 2.24) is 4.90 Å². The topological polar surface area (TPSA) is 20.3 Å². The normalized spacial score (nSPS) is 19.9. The molecule has 2 aliphatic carbocycles. The lowest BCUT2D eigenvalue weighted by Crippen LogP contribution is -2.28. The number of rotatable bonds is 4. The largest absolute Gasteiger partial charge is 0.341 e. The first kappa shape index (κ1) is 13.7. The number of carbonyl (C=O) groups excluding carboxylic acids is 1. The van der Waals surface area contributed by atoms with Gasteiger partial charge in [0.15, 0.2) is 0 Å². The minimum atomic E-state index is 0.173. The van der Waals surface area contributed by atoms with E-state index >= 15 is 0 Å². The zero-order valence-electron chi connectivity index (χ0n) is 12.5. The molecule has 2 nitrogen and oxygen atoms in total. The van der Waals surface area contributed by atoms with E-state index in [1.165, 1.54) is 50.5 Å². The zero-order valence-corrected chi connectivity index (χ0v) is 12.5. The second kappa shape index (κ2) is 5.99. The van der Waals surface area contributed by atoms with E-state index in [2.05, 4.69) is 12.1 Å². The maximum atomic E-state index is 12.3. The Morgan fingerprint density at radius 3 is 2.30 bits per heavy atom. The smallest absolute Gasteiger partial charge is 0.253 e. The van der Waals surface area contributed by atoms with Crippen LogP contribution in [0.15, 0.2) is 24.3 Å². The molecule has 0 bridgehead atoms. The summed E-state index contributed by atoms with van der Waals surface area (Å²) in [5, 5.41) is 0. The minimum absolute atomic E-state index is 0.173. The summed E-state index contributed by atoms with van der Waals surface area (Å²) >= 11 is 0. The molecule has 1 amide bonds. The van der Waals surface area contributed by atoms with E-state index in [1.54, 1.807) is 0 Å². The molecular formula is C18H25NO. The van der Waals surface area contributed by atoms with Crippen LogP contribution in [0.25, 0.3) is 0 Å². The molecule has 0 aromatic heterocycles. The maximum absolute atomic E-state index is 12.3. The Hall–Kier alpha value is -1.31. The number of amides is 1. The first-order valence-electron chi connectivity index (χ1n) is 8.09. The summed E-state index contributed by atoms with van der Waals surface area (Å²) < 4.78 is 0. The van der Waals surface area contributed by atoms with Crippen molar-refractivity contribution in [1.29, 1.82) is 0 Å². The van der Waals surface area contributed by atoms with Crippen molar-refractivity contribution < 1.29 is 4.79 Å². The molecule has 20 heavy (non-hydrogen) atoms. The third-order valence-corrected chi connectivity index (χ3v) is 4.81. The van der Waals surface area contributed by atoms with Gasteiger partial charge in [-0.25, -0.2) is 0 Å². The van der Waals surface area contributed by atoms with Crippen molar-refractivity contribution in [3.05, 3.63) is 35.4 Å². The lowest BCUT2D eigenvalue weighted by molar-refractivity contribution is 0.0788. The van der Waals surface area contributed by atoms with Crippen molar-refractivity contribution in [2.45, 2.75) is 50.9 Å². The van der Waals surface area contributed by atoms with Crippen LogP contribution in [0.2, 0.25) is 0 Å². The van der Waals surface area contributed by atoms with Crippen molar-refractivity contribution in [3.63, 3.8) is 0 Å². The van der Waals surface area contributed by atoms with Crippen molar-refractivity contribution in [2.75, 3.05) is 13.6 Å². The molecule has 0 unspecified atom stereocenters. The summed E-state index contributed by atoms with van der Waals surface area (Å²) in [6, 6.07) is 8.40. The Balaban J connectivity index is 1.63. The van der Waals surface area contributed by atoms with E-state index in [4.69, 9.17) is 0 Å². The summed E-state index contributed by atoms with van der Waals surface area (Å²) in [7, 11) is 1.93. The number of hydrogen-bond donors (Lipinski definition) is 0. The van der Waals surface area contributed by atoms with Gasteiger partial charge in [-0.15, -0.1) is 0 Å². The fraction of sp³-hybridized carbons (Fsp3) is 0.611. The Kier molecular flexibility index (Phi) is 4.09. The van der Waals surface area contributed by atoms with Gasteiger partial charge in [-0.1, -0.05) is 31.4 Å². The van der Waals surface area contributed by atoms with Gasteiger partial charge in [-0.3, -0.25) is 4.79 Å². The van der Waals surface area contributed by atoms with Gasteiger partial charge < -0.3 is 4.90 Å². The molecule has 2 aliphatic rings. The van der Waals surface area contributed by atoms with Gasteiger partial charge in [-0.2, -0.15) is 0 Å². The van der Waals surface area contributed by atoms with Crippen LogP contribution in [-0.2, 0) is 0 Å². The summed E-state index contributed by atoms with van der Waals surface area (Å²) in [5.74, 6) is 1.65. The fourth-order valence-electron chi connectivity index (χ4n) is 3.32. The predicted octanol–water partition coefficient (Wildman–Crippen LogP) is 4.22. The number of nitrogens with zero attached hydrogens (tertiary/aromatic N) is 1. The van der Waals surface area contributed by atoms with E-state index < -0.39 is 0 Å². The van der Waals surface area contributed by atoms with Gasteiger partial charge in [-0.05, 0) is 55.2 Å². The van der Waals surface area contributed by atoms with Crippen molar-refractivity contribution >= 4 is 5.91 Å². The molecule has 2 fully saturated rings. The molecule has 0 aliphatic heterocycles. The number of carbonyl (C=O) groups is 1. The molecule has 3 rings (SSSR count). The van der Waals surface area contributed by atoms with Gasteiger partial charge in [0.05, 0.1) is 0 Å². The Morgan fingerprint density at radius 1 is 1.05 bits per heavy atom. The first-order valence-corrected chi connectivity index (χ1v) is 8.09. The molecule has 2 saturated carbocycles.